The van der Waals surface area contributed by atoms with Gasteiger partial charge in [-0.3, -0.25) is 14.4 Å². The topological polar surface area (TPSA) is 107 Å². The van der Waals surface area contributed by atoms with Crippen molar-refractivity contribution >= 4 is 40.5 Å². The van der Waals surface area contributed by atoms with Crippen LogP contribution in [0.5, 0.6) is 0 Å². The first-order valence-corrected chi connectivity index (χ1v) is 16.5. The molecule has 2 aromatic rings. The number of ether oxygens (including phenoxy) is 2. The number of unbranched alkanes of at least 4 members (excludes halogenated alkanes) is 1. The molecule has 244 valence electrons. The van der Waals surface area contributed by atoms with Crippen LogP contribution in [-0.2, 0) is 23.9 Å². The van der Waals surface area contributed by atoms with Gasteiger partial charge in [-0.05, 0) is 74.2 Å². The normalized spacial score (nSPS) is 19.1. The van der Waals surface area contributed by atoms with Crippen molar-refractivity contribution in [3.8, 4) is 0 Å². The molecule has 0 atom stereocenters. The van der Waals surface area contributed by atoms with Crippen molar-refractivity contribution in [1.29, 1.82) is 0 Å². The number of hydrogen-bond donors (Lipinski definition) is 2. The number of nitrogens with zero attached hydrogens (tertiary/aromatic N) is 4. The average molecular weight is 629 g/mol. The number of benzene rings is 2. The lowest BCUT2D eigenvalue weighted by Gasteiger charge is -2.35. The predicted octanol–water partition coefficient (Wildman–Crippen LogP) is 3.81. The van der Waals surface area contributed by atoms with Gasteiger partial charge < -0.3 is 39.7 Å². The van der Waals surface area contributed by atoms with E-state index >= 15 is 0 Å². The van der Waals surface area contributed by atoms with Crippen molar-refractivity contribution in [3.63, 3.8) is 0 Å². The van der Waals surface area contributed by atoms with Crippen LogP contribution in [0.25, 0.3) is 0 Å². The monoisotopic (exact) mass is 628 g/mol. The zero-order valence-electron chi connectivity index (χ0n) is 26.4. The molecule has 4 aliphatic rings. The van der Waals surface area contributed by atoms with Crippen LogP contribution in [0.3, 0.4) is 0 Å². The molecule has 0 aliphatic carbocycles. The Labute approximate surface area is 270 Å². The van der Waals surface area contributed by atoms with Gasteiger partial charge in [-0.1, -0.05) is 12.2 Å². The first kappa shape index (κ1) is 31.6. The minimum absolute atomic E-state index is 0.0158. The van der Waals surface area contributed by atoms with E-state index in [4.69, 9.17) is 9.47 Å². The molecule has 3 amide bonds. The molecular formula is C35H44N6O5. The summed E-state index contributed by atoms with van der Waals surface area (Å²) >= 11 is 0. The van der Waals surface area contributed by atoms with Crippen molar-refractivity contribution in [1.82, 2.24) is 9.80 Å². The Bertz CT molecular complexity index is 1430. The Morgan fingerprint density at radius 3 is 1.61 bits per heavy atom. The van der Waals surface area contributed by atoms with Gasteiger partial charge in [-0.15, -0.1) is 0 Å². The van der Waals surface area contributed by atoms with Gasteiger partial charge in [0.05, 0.1) is 37.8 Å². The summed E-state index contributed by atoms with van der Waals surface area (Å²) in [6.07, 6.45) is 7.77. The van der Waals surface area contributed by atoms with Crippen LogP contribution in [0.4, 0.5) is 22.7 Å². The molecule has 11 heteroatoms. The fourth-order valence-corrected chi connectivity index (χ4v) is 6.30. The molecule has 2 saturated heterocycles. The van der Waals surface area contributed by atoms with Gasteiger partial charge in [0.25, 0.3) is 11.8 Å². The second kappa shape index (κ2) is 15.3. The molecular weight excluding hydrogens is 584 g/mol. The number of amides is 3. The summed E-state index contributed by atoms with van der Waals surface area (Å²) in [6.45, 7) is 7.63. The van der Waals surface area contributed by atoms with Gasteiger partial charge in [0.15, 0.2) is 0 Å². The standard InChI is InChI=1S/C35H44N6O5/c42-33(37-28-10-14-30(15-11-28)41-18-4-6-32(35(41)44)39-21-25-46-26-22-39)7-1-2-16-36-27-8-12-29(13-9-27)40-17-3-5-31(34(40)43)38-19-23-45-24-20-38/h5-6,8-15,36H,1-4,7,16-26H2,(H,37,42). The summed E-state index contributed by atoms with van der Waals surface area (Å²) in [5.41, 5.74) is 4.97. The van der Waals surface area contributed by atoms with Crippen LogP contribution in [0.1, 0.15) is 32.1 Å². The largest absolute Gasteiger partial charge is 0.385 e. The highest BCUT2D eigenvalue weighted by Gasteiger charge is 2.29. The highest BCUT2D eigenvalue weighted by atomic mass is 16.5. The zero-order valence-corrected chi connectivity index (χ0v) is 26.4. The van der Waals surface area contributed by atoms with E-state index in [0.29, 0.717) is 45.9 Å². The highest BCUT2D eigenvalue weighted by molar-refractivity contribution is 6.07. The number of anilines is 4. The van der Waals surface area contributed by atoms with Crippen LogP contribution in [0.2, 0.25) is 0 Å². The van der Waals surface area contributed by atoms with E-state index in [-0.39, 0.29) is 17.7 Å². The van der Waals surface area contributed by atoms with Crippen molar-refractivity contribution in [2.24, 2.45) is 0 Å². The summed E-state index contributed by atoms with van der Waals surface area (Å²) < 4.78 is 10.9. The zero-order chi connectivity index (χ0) is 31.7. The maximum atomic E-state index is 13.2. The van der Waals surface area contributed by atoms with E-state index < -0.39 is 0 Å². The Hall–Kier alpha value is -4.35. The van der Waals surface area contributed by atoms with Crippen molar-refractivity contribution < 1.29 is 23.9 Å². The second-order valence-corrected chi connectivity index (χ2v) is 11.9. The molecule has 2 N–H and O–H groups in total. The Balaban J connectivity index is 0.900. The van der Waals surface area contributed by atoms with Crippen LogP contribution < -0.4 is 20.4 Å². The summed E-state index contributed by atoms with van der Waals surface area (Å²) in [5.74, 6) is 0.0400. The van der Waals surface area contributed by atoms with Gasteiger partial charge in [0.1, 0.15) is 0 Å². The first-order chi connectivity index (χ1) is 22.6. The Morgan fingerprint density at radius 2 is 1.11 bits per heavy atom. The van der Waals surface area contributed by atoms with Crippen molar-refractivity contribution in [2.75, 3.05) is 92.7 Å². The quantitative estimate of drug-likeness (QED) is 0.362. The maximum Gasteiger partial charge on any atom is 0.274 e. The van der Waals surface area contributed by atoms with Gasteiger partial charge in [-0.2, -0.15) is 0 Å². The molecule has 46 heavy (non-hydrogen) atoms. The maximum absolute atomic E-state index is 13.2. The van der Waals surface area contributed by atoms with E-state index in [1.54, 1.807) is 0 Å². The van der Waals surface area contributed by atoms with Gasteiger partial charge in [-0.25, -0.2) is 0 Å². The number of morpholine rings is 2. The first-order valence-electron chi connectivity index (χ1n) is 16.5. The van der Waals surface area contributed by atoms with Crippen LogP contribution >= 0.6 is 0 Å². The number of nitrogens with one attached hydrogen (secondary N) is 2. The molecule has 0 spiro atoms. The fourth-order valence-electron chi connectivity index (χ4n) is 6.30. The highest BCUT2D eigenvalue weighted by Crippen LogP contribution is 2.26. The second-order valence-electron chi connectivity index (χ2n) is 11.9. The molecule has 6 rings (SSSR count). The van der Waals surface area contributed by atoms with Gasteiger partial charge in [0, 0.05) is 75.0 Å². The van der Waals surface area contributed by atoms with Crippen LogP contribution in [0, 0.1) is 0 Å². The molecule has 0 unspecified atom stereocenters. The van der Waals surface area contributed by atoms with Gasteiger partial charge in [0.2, 0.25) is 5.91 Å². The number of carbonyl (C=O) groups is 3. The van der Waals surface area contributed by atoms with Crippen LogP contribution in [-0.4, -0.2) is 99.8 Å². The lowest BCUT2D eigenvalue weighted by atomic mass is 10.1. The number of hydrogen-bond acceptors (Lipinski definition) is 8. The molecule has 0 saturated carbocycles. The SMILES string of the molecule is O=C(CCCCNc1ccc(N2CCC=C(N3CCOCC3)C2=O)cc1)Nc1ccc(N2CCC=C(N3CCOCC3)C2=O)cc1. The third-order valence-corrected chi connectivity index (χ3v) is 8.81. The fraction of sp³-hybridized carbons (Fsp3) is 0.457. The van der Waals surface area contributed by atoms with E-state index in [2.05, 4.69) is 26.5 Å². The molecule has 11 nitrogen and oxygen atoms in total. The lowest BCUT2D eigenvalue weighted by molar-refractivity contribution is -0.118. The average Bonchev–Trinajstić information content (AvgIpc) is 3.10. The molecule has 2 fully saturated rings. The Morgan fingerprint density at radius 1 is 0.630 bits per heavy atom. The van der Waals surface area contributed by atoms with Crippen molar-refractivity contribution in [2.45, 2.75) is 32.1 Å². The number of rotatable bonds is 11. The molecule has 4 heterocycles. The van der Waals surface area contributed by atoms with E-state index in [1.807, 2.05) is 64.4 Å². The van der Waals surface area contributed by atoms with Gasteiger partial charge >= 0.3 is 0 Å². The predicted molar refractivity (Wildman–Crippen MR) is 179 cm³/mol. The summed E-state index contributed by atoms with van der Waals surface area (Å²) in [6, 6.07) is 15.5. The molecule has 0 radical (unpaired) electrons. The van der Waals surface area contributed by atoms with Crippen molar-refractivity contribution in [3.05, 3.63) is 72.1 Å². The minimum atomic E-state index is -0.0274. The molecule has 0 aromatic heterocycles. The third kappa shape index (κ3) is 7.71. The molecule has 0 bridgehead atoms. The minimum Gasteiger partial charge on any atom is -0.385 e. The third-order valence-electron chi connectivity index (χ3n) is 8.81. The molecule has 4 aliphatic heterocycles. The number of carbonyl (C=O) groups excluding carboxylic acids is 3. The van der Waals surface area contributed by atoms with E-state index in [9.17, 15) is 14.4 Å². The van der Waals surface area contributed by atoms with E-state index in [1.165, 1.54) is 0 Å². The van der Waals surface area contributed by atoms with E-state index in [0.717, 1.165) is 92.6 Å². The summed E-state index contributed by atoms with van der Waals surface area (Å²) in [5, 5.41) is 6.40. The molecule has 2 aromatic carbocycles. The summed E-state index contributed by atoms with van der Waals surface area (Å²) in [7, 11) is 0. The Kier molecular flexibility index (Phi) is 10.5. The lowest BCUT2D eigenvalue weighted by Crippen LogP contribution is -2.45. The smallest absolute Gasteiger partial charge is 0.274 e. The van der Waals surface area contributed by atoms with Crippen LogP contribution in [0.15, 0.2) is 72.1 Å². The summed E-state index contributed by atoms with van der Waals surface area (Å²) in [4.78, 5) is 46.8.